The first-order chi connectivity index (χ1) is 4.61. The van der Waals surface area contributed by atoms with E-state index >= 15 is 0 Å². The molecule has 1 unspecified atom stereocenters. The summed E-state index contributed by atoms with van der Waals surface area (Å²) in [7, 11) is 0. The fourth-order valence-corrected chi connectivity index (χ4v) is 0.918. The second kappa shape index (κ2) is 2.28. The number of carbonyl (C=O) groups is 2. The monoisotopic (exact) mass is 142 g/mol. The summed E-state index contributed by atoms with van der Waals surface area (Å²) >= 11 is 0. The van der Waals surface area contributed by atoms with Crippen LogP contribution in [0.3, 0.4) is 0 Å². The van der Waals surface area contributed by atoms with Crippen LogP contribution in [-0.4, -0.2) is 22.9 Å². The van der Waals surface area contributed by atoms with E-state index < -0.39 is 0 Å². The summed E-state index contributed by atoms with van der Waals surface area (Å²) in [5.74, 6) is -0.206. The van der Waals surface area contributed by atoms with Crippen LogP contribution in [0, 0.1) is 0 Å². The first-order valence-electron chi connectivity index (χ1n) is 3.20. The number of hydrogen-bond donors (Lipinski definition) is 1. The highest BCUT2D eigenvalue weighted by Gasteiger charge is 2.32. The van der Waals surface area contributed by atoms with Gasteiger partial charge in [0.05, 0.1) is 12.5 Å². The zero-order valence-electron chi connectivity index (χ0n) is 6.05. The molecule has 56 valence electrons. The molecule has 4 nitrogen and oxygen atoms in total. The SMILES string of the molecule is CC(=O)NN1C(=O)CC1C. The summed E-state index contributed by atoms with van der Waals surface area (Å²) in [5.41, 5.74) is 2.42. The highest BCUT2D eigenvalue weighted by Crippen LogP contribution is 2.14. The molecule has 1 heterocycles. The molecular formula is C6H10N2O2. The van der Waals surface area contributed by atoms with Crippen molar-refractivity contribution in [3.8, 4) is 0 Å². The van der Waals surface area contributed by atoms with E-state index in [0.717, 1.165) is 0 Å². The normalized spacial score (nSPS) is 24.0. The Morgan fingerprint density at radius 2 is 2.40 bits per heavy atom. The van der Waals surface area contributed by atoms with Crippen LogP contribution in [0.2, 0.25) is 0 Å². The molecule has 2 amide bonds. The lowest BCUT2D eigenvalue weighted by Gasteiger charge is -2.37. The van der Waals surface area contributed by atoms with Crippen LogP contribution in [-0.2, 0) is 9.59 Å². The Kier molecular flexibility index (Phi) is 1.61. The van der Waals surface area contributed by atoms with E-state index in [1.165, 1.54) is 11.9 Å². The predicted molar refractivity (Wildman–Crippen MR) is 34.7 cm³/mol. The molecular weight excluding hydrogens is 132 g/mol. The van der Waals surface area contributed by atoms with Crippen LogP contribution in [0.1, 0.15) is 20.3 Å². The van der Waals surface area contributed by atoms with Gasteiger partial charge >= 0.3 is 0 Å². The number of nitrogens with one attached hydrogen (secondary N) is 1. The molecule has 1 N–H and O–H groups in total. The van der Waals surface area contributed by atoms with Crippen molar-refractivity contribution in [1.82, 2.24) is 10.4 Å². The maximum atomic E-state index is 10.7. The van der Waals surface area contributed by atoms with Gasteiger partial charge in [0.25, 0.3) is 0 Å². The van der Waals surface area contributed by atoms with E-state index in [2.05, 4.69) is 5.43 Å². The molecule has 0 aromatic heterocycles. The Labute approximate surface area is 59.2 Å². The van der Waals surface area contributed by atoms with Gasteiger partial charge in [-0.1, -0.05) is 0 Å². The van der Waals surface area contributed by atoms with Gasteiger partial charge in [-0.25, -0.2) is 0 Å². The molecule has 1 rings (SSSR count). The first-order valence-corrected chi connectivity index (χ1v) is 3.20. The molecule has 0 aliphatic carbocycles. The third kappa shape index (κ3) is 1.10. The Hall–Kier alpha value is -1.06. The van der Waals surface area contributed by atoms with Crippen molar-refractivity contribution in [3.63, 3.8) is 0 Å². The quantitative estimate of drug-likeness (QED) is 0.509. The van der Waals surface area contributed by atoms with Crippen LogP contribution in [0.4, 0.5) is 0 Å². The Bertz CT molecular complexity index is 179. The fourth-order valence-electron chi connectivity index (χ4n) is 0.918. The van der Waals surface area contributed by atoms with Gasteiger partial charge in [0.2, 0.25) is 11.8 Å². The number of hydrogen-bond acceptors (Lipinski definition) is 2. The van der Waals surface area contributed by atoms with Crippen molar-refractivity contribution in [3.05, 3.63) is 0 Å². The second-order valence-electron chi connectivity index (χ2n) is 2.48. The van der Waals surface area contributed by atoms with E-state index in [1.54, 1.807) is 0 Å². The number of amides is 2. The number of nitrogens with zero attached hydrogens (tertiary/aromatic N) is 1. The maximum Gasteiger partial charge on any atom is 0.243 e. The lowest BCUT2D eigenvalue weighted by molar-refractivity contribution is -0.155. The summed E-state index contributed by atoms with van der Waals surface area (Å²) in [4.78, 5) is 21.1. The van der Waals surface area contributed by atoms with Crippen LogP contribution in [0.15, 0.2) is 0 Å². The van der Waals surface area contributed by atoms with Gasteiger partial charge in [-0.05, 0) is 6.92 Å². The van der Waals surface area contributed by atoms with E-state index in [0.29, 0.717) is 6.42 Å². The average Bonchev–Trinajstić information content (AvgIpc) is 1.84. The van der Waals surface area contributed by atoms with Crippen molar-refractivity contribution in [1.29, 1.82) is 0 Å². The van der Waals surface area contributed by atoms with Gasteiger partial charge in [0.1, 0.15) is 0 Å². The molecule has 1 saturated heterocycles. The molecule has 1 atom stereocenters. The van der Waals surface area contributed by atoms with Gasteiger partial charge in [0, 0.05) is 6.92 Å². The van der Waals surface area contributed by atoms with Gasteiger partial charge in [-0.15, -0.1) is 0 Å². The number of hydrazine groups is 1. The zero-order chi connectivity index (χ0) is 7.72. The molecule has 1 fully saturated rings. The van der Waals surface area contributed by atoms with Crippen molar-refractivity contribution >= 4 is 11.8 Å². The average molecular weight is 142 g/mol. The maximum absolute atomic E-state index is 10.7. The smallest absolute Gasteiger partial charge is 0.243 e. The molecule has 1 aliphatic heterocycles. The van der Waals surface area contributed by atoms with Gasteiger partial charge in [0.15, 0.2) is 0 Å². The van der Waals surface area contributed by atoms with Crippen LogP contribution < -0.4 is 5.43 Å². The minimum atomic E-state index is -0.195. The largest absolute Gasteiger partial charge is 0.274 e. The minimum absolute atomic E-state index is 0.0114. The second-order valence-corrected chi connectivity index (χ2v) is 2.48. The summed E-state index contributed by atoms with van der Waals surface area (Å²) in [6, 6.07) is 0.163. The summed E-state index contributed by atoms with van der Waals surface area (Å²) < 4.78 is 0. The molecule has 1 aliphatic rings. The Balaban J connectivity index is 2.40. The molecule has 0 aromatic rings. The van der Waals surface area contributed by atoms with Crippen molar-refractivity contribution in [2.45, 2.75) is 26.3 Å². The first kappa shape index (κ1) is 7.05. The molecule has 10 heavy (non-hydrogen) atoms. The van der Waals surface area contributed by atoms with E-state index in [-0.39, 0.29) is 17.9 Å². The summed E-state index contributed by atoms with van der Waals surface area (Å²) in [5, 5.41) is 1.35. The minimum Gasteiger partial charge on any atom is -0.274 e. The Morgan fingerprint density at radius 3 is 2.60 bits per heavy atom. The third-order valence-electron chi connectivity index (χ3n) is 1.46. The van der Waals surface area contributed by atoms with Crippen molar-refractivity contribution in [2.75, 3.05) is 0 Å². The molecule has 0 spiro atoms. The predicted octanol–water partition coefficient (Wildman–Crippen LogP) is -0.342. The van der Waals surface area contributed by atoms with Crippen LogP contribution >= 0.6 is 0 Å². The standard InChI is InChI=1S/C6H10N2O2/c1-4-3-6(10)8(4)7-5(2)9/h4H,3H2,1-2H3,(H,7,9). The van der Waals surface area contributed by atoms with Crippen molar-refractivity contribution in [2.24, 2.45) is 0 Å². The molecule has 0 saturated carbocycles. The fraction of sp³-hybridized carbons (Fsp3) is 0.667. The number of β-lactam (4-membered cyclic amide) rings is 1. The number of rotatable bonds is 1. The van der Waals surface area contributed by atoms with Gasteiger partial charge < -0.3 is 0 Å². The van der Waals surface area contributed by atoms with Crippen molar-refractivity contribution < 1.29 is 9.59 Å². The molecule has 4 heteroatoms. The third-order valence-corrected chi connectivity index (χ3v) is 1.46. The zero-order valence-corrected chi connectivity index (χ0v) is 6.05. The highest BCUT2D eigenvalue weighted by atomic mass is 16.2. The van der Waals surface area contributed by atoms with E-state index in [9.17, 15) is 9.59 Å². The molecule has 0 radical (unpaired) electrons. The number of carbonyl (C=O) groups excluding carboxylic acids is 2. The van der Waals surface area contributed by atoms with E-state index in [4.69, 9.17) is 0 Å². The van der Waals surface area contributed by atoms with E-state index in [1.807, 2.05) is 6.92 Å². The van der Waals surface area contributed by atoms with Gasteiger partial charge in [-0.3, -0.25) is 20.0 Å². The van der Waals surface area contributed by atoms with Gasteiger partial charge in [-0.2, -0.15) is 0 Å². The highest BCUT2D eigenvalue weighted by molar-refractivity contribution is 5.85. The topological polar surface area (TPSA) is 49.4 Å². The van der Waals surface area contributed by atoms with Crippen LogP contribution in [0.5, 0.6) is 0 Å². The molecule has 0 aromatic carbocycles. The van der Waals surface area contributed by atoms with Crippen LogP contribution in [0.25, 0.3) is 0 Å². The lowest BCUT2D eigenvalue weighted by atomic mass is 10.1. The summed E-state index contributed by atoms with van der Waals surface area (Å²) in [6.07, 6.45) is 0.542. The summed E-state index contributed by atoms with van der Waals surface area (Å²) in [6.45, 7) is 3.27. The lowest BCUT2D eigenvalue weighted by Crippen LogP contribution is -2.59. The molecule has 0 bridgehead atoms. The Morgan fingerprint density at radius 1 is 1.80 bits per heavy atom.